The van der Waals surface area contributed by atoms with E-state index in [4.69, 9.17) is 27.9 Å². The van der Waals surface area contributed by atoms with Crippen molar-refractivity contribution in [3.63, 3.8) is 0 Å². The van der Waals surface area contributed by atoms with Gasteiger partial charge in [-0.1, -0.05) is 48.8 Å². The molecule has 0 amide bonds. The van der Waals surface area contributed by atoms with Crippen LogP contribution >= 0.6 is 23.2 Å². The van der Waals surface area contributed by atoms with Crippen LogP contribution in [-0.4, -0.2) is 22.3 Å². The number of nitrogens with zero attached hydrogens (tertiary/aromatic N) is 3. The zero-order valence-electron chi connectivity index (χ0n) is 15.7. The minimum absolute atomic E-state index is 0. The average Bonchev–Trinajstić information content (AvgIpc) is 2.74. The standard InChI is InChI=1S/C22H18Cl2N4O.CH4/c1-29-21-7-4-15(9-19(21)24)13-26-22-18-11-16(23)5-6-17(18)20(27-28-22)10-14-3-2-8-25-12-14;/h2-9,11-12H,10,13H2,1H3,(H,26,28);1H4. The summed E-state index contributed by atoms with van der Waals surface area (Å²) in [6, 6.07) is 15.4. The Labute approximate surface area is 186 Å². The van der Waals surface area contributed by atoms with Crippen LogP contribution < -0.4 is 10.1 Å². The highest BCUT2D eigenvalue weighted by molar-refractivity contribution is 6.32. The molecule has 1 N–H and O–H groups in total. The fourth-order valence-corrected chi connectivity index (χ4v) is 3.60. The smallest absolute Gasteiger partial charge is 0.156 e. The number of hydrogen-bond acceptors (Lipinski definition) is 5. The number of methoxy groups -OCH3 is 1. The summed E-state index contributed by atoms with van der Waals surface area (Å²) in [5.74, 6) is 1.32. The number of hydrogen-bond donors (Lipinski definition) is 1. The van der Waals surface area contributed by atoms with E-state index in [1.54, 1.807) is 13.3 Å². The summed E-state index contributed by atoms with van der Waals surface area (Å²) in [7, 11) is 1.59. The Morgan fingerprint density at radius 2 is 1.83 bits per heavy atom. The molecule has 0 spiro atoms. The Hall–Kier alpha value is -2.89. The van der Waals surface area contributed by atoms with Gasteiger partial charge in [0.25, 0.3) is 0 Å². The lowest BCUT2D eigenvalue weighted by Crippen LogP contribution is -2.06. The molecule has 4 aromatic rings. The van der Waals surface area contributed by atoms with Crippen molar-refractivity contribution in [1.29, 1.82) is 0 Å². The Bertz CT molecular complexity index is 1150. The number of ether oxygens (including phenoxy) is 1. The number of anilines is 1. The number of halogens is 2. The average molecular weight is 441 g/mol. The summed E-state index contributed by atoms with van der Waals surface area (Å²) in [6.45, 7) is 0.544. The van der Waals surface area contributed by atoms with Gasteiger partial charge in [-0.2, -0.15) is 5.10 Å². The molecule has 0 saturated carbocycles. The van der Waals surface area contributed by atoms with Crippen LogP contribution in [0.15, 0.2) is 60.9 Å². The van der Waals surface area contributed by atoms with E-state index in [0.717, 1.165) is 27.6 Å². The van der Waals surface area contributed by atoms with Crippen molar-refractivity contribution in [2.45, 2.75) is 20.4 Å². The second kappa shape index (κ2) is 9.74. The normalized spacial score (nSPS) is 10.5. The number of nitrogens with one attached hydrogen (secondary N) is 1. The Kier molecular flexibility index (Phi) is 7.08. The van der Waals surface area contributed by atoms with Gasteiger partial charge in [0.1, 0.15) is 5.75 Å². The first-order valence-electron chi connectivity index (χ1n) is 9.04. The van der Waals surface area contributed by atoms with Crippen LogP contribution in [0.4, 0.5) is 5.82 Å². The van der Waals surface area contributed by atoms with Crippen molar-refractivity contribution in [3.8, 4) is 5.75 Å². The maximum atomic E-state index is 6.26. The van der Waals surface area contributed by atoms with E-state index in [0.29, 0.717) is 34.6 Å². The molecule has 0 aliphatic heterocycles. The number of pyridine rings is 1. The highest BCUT2D eigenvalue weighted by Crippen LogP contribution is 2.29. The van der Waals surface area contributed by atoms with E-state index >= 15 is 0 Å². The molecule has 0 radical (unpaired) electrons. The van der Waals surface area contributed by atoms with Crippen LogP contribution in [0.25, 0.3) is 10.8 Å². The summed E-state index contributed by atoms with van der Waals surface area (Å²) in [6.07, 6.45) is 4.24. The van der Waals surface area contributed by atoms with Gasteiger partial charge in [-0.15, -0.1) is 5.10 Å². The van der Waals surface area contributed by atoms with Crippen LogP contribution in [0.5, 0.6) is 5.75 Å². The van der Waals surface area contributed by atoms with E-state index < -0.39 is 0 Å². The molecular weight excluding hydrogens is 419 g/mol. The zero-order chi connectivity index (χ0) is 20.2. The van der Waals surface area contributed by atoms with Crippen LogP contribution in [0, 0.1) is 0 Å². The molecule has 2 aromatic heterocycles. The van der Waals surface area contributed by atoms with Gasteiger partial charge >= 0.3 is 0 Å². The van der Waals surface area contributed by atoms with Gasteiger partial charge < -0.3 is 10.1 Å². The van der Waals surface area contributed by atoms with E-state index in [1.807, 2.05) is 54.7 Å². The maximum absolute atomic E-state index is 6.26. The van der Waals surface area contributed by atoms with Crippen molar-refractivity contribution < 1.29 is 4.74 Å². The van der Waals surface area contributed by atoms with Gasteiger partial charge in [0.05, 0.1) is 17.8 Å². The lowest BCUT2D eigenvalue weighted by atomic mass is 10.1. The second-order valence-electron chi connectivity index (χ2n) is 6.55. The molecule has 0 aliphatic rings. The third kappa shape index (κ3) is 4.81. The lowest BCUT2D eigenvalue weighted by Gasteiger charge is -2.12. The van der Waals surface area contributed by atoms with Gasteiger partial charge in [-0.25, -0.2) is 0 Å². The summed E-state index contributed by atoms with van der Waals surface area (Å²) >= 11 is 12.5. The number of rotatable bonds is 6. The predicted molar refractivity (Wildman–Crippen MR) is 124 cm³/mol. The maximum Gasteiger partial charge on any atom is 0.156 e. The first kappa shape index (κ1) is 21.8. The molecule has 4 rings (SSSR count). The molecule has 0 saturated heterocycles. The van der Waals surface area contributed by atoms with E-state index in [-0.39, 0.29) is 7.43 Å². The molecule has 30 heavy (non-hydrogen) atoms. The second-order valence-corrected chi connectivity index (χ2v) is 7.39. The third-order valence-electron chi connectivity index (χ3n) is 4.59. The van der Waals surface area contributed by atoms with Crippen LogP contribution in [0.3, 0.4) is 0 Å². The quantitative estimate of drug-likeness (QED) is 0.387. The first-order chi connectivity index (χ1) is 14.1. The van der Waals surface area contributed by atoms with E-state index in [9.17, 15) is 0 Å². The summed E-state index contributed by atoms with van der Waals surface area (Å²) < 4.78 is 5.20. The van der Waals surface area contributed by atoms with Crippen molar-refractivity contribution in [2.24, 2.45) is 0 Å². The topological polar surface area (TPSA) is 59.9 Å². The summed E-state index contributed by atoms with van der Waals surface area (Å²) in [5, 5.41) is 15.4. The molecule has 2 aromatic carbocycles. The van der Waals surface area contributed by atoms with Crippen molar-refractivity contribution >= 4 is 39.8 Å². The highest BCUT2D eigenvalue weighted by Gasteiger charge is 2.11. The number of fused-ring (bicyclic) bond motifs is 1. The van der Waals surface area contributed by atoms with Crippen LogP contribution in [0.1, 0.15) is 24.2 Å². The lowest BCUT2D eigenvalue weighted by molar-refractivity contribution is 0.415. The van der Waals surface area contributed by atoms with Gasteiger partial charge in [0.15, 0.2) is 5.82 Å². The zero-order valence-corrected chi connectivity index (χ0v) is 17.2. The first-order valence-corrected chi connectivity index (χ1v) is 9.79. The minimum atomic E-state index is 0. The van der Waals surface area contributed by atoms with Gasteiger partial charge in [-0.3, -0.25) is 4.98 Å². The Balaban J connectivity index is 0.00000256. The molecule has 0 atom stereocenters. The molecule has 0 fully saturated rings. The summed E-state index contributed by atoms with van der Waals surface area (Å²) in [4.78, 5) is 4.17. The molecule has 154 valence electrons. The minimum Gasteiger partial charge on any atom is -0.495 e. The monoisotopic (exact) mass is 440 g/mol. The summed E-state index contributed by atoms with van der Waals surface area (Å²) in [5.41, 5.74) is 2.96. The molecule has 0 bridgehead atoms. The fourth-order valence-electron chi connectivity index (χ4n) is 3.14. The fraction of sp³-hybridized carbons (Fsp3) is 0.174. The SMILES string of the molecule is C.COc1ccc(CNc2nnc(Cc3cccnc3)c3ccc(Cl)cc23)cc1Cl. The predicted octanol–water partition coefficient (Wildman–Crippen LogP) is 6.18. The van der Waals surface area contributed by atoms with Crippen LogP contribution in [-0.2, 0) is 13.0 Å². The molecule has 5 nitrogen and oxygen atoms in total. The third-order valence-corrected chi connectivity index (χ3v) is 5.12. The van der Waals surface area contributed by atoms with Crippen LogP contribution in [0.2, 0.25) is 10.0 Å². The van der Waals surface area contributed by atoms with Gasteiger partial charge in [-0.05, 0) is 41.5 Å². The van der Waals surface area contributed by atoms with Crippen molar-refractivity contribution in [2.75, 3.05) is 12.4 Å². The van der Waals surface area contributed by atoms with Gasteiger partial charge in [0.2, 0.25) is 0 Å². The Morgan fingerprint density at radius 3 is 2.57 bits per heavy atom. The van der Waals surface area contributed by atoms with Crippen molar-refractivity contribution in [1.82, 2.24) is 15.2 Å². The van der Waals surface area contributed by atoms with E-state index in [1.165, 1.54) is 0 Å². The molecule has 2 heterocycles. The highest BCUT2D eigenvalue weighted by atomic mass is 35.5. The van der Waals surface area contributed by atoms with Crippen molar-refractivity contribution in [3.05, 3.63) is 87.8 Å². The number of aromatic nitrogens is 3. The molecule has 0 unspecified atom stereocenters. The number of benzene rings is 2. The Morgan fingerprint density at radius 1 is 0.967 bits per heavy atom. The van der Waals surface area contributed by atoms with E-state index in [2.05, 4.69) is 20.5 Å². The largest absolute Gasteiger partial charge is 0.495 e. The molecule has 7 heteroatoms. The van der Waals surface area contributed by atoms with Gasteiger partial charge in [0, 0.05) is 41.2 Å². The molecular formula is C23H22Cl2N4O. The molecule has 0 aliphatic carbocycles.